The summed E-state index contributed by atoms with van der Waals surface area (Å²) < 4.78 is 0. The van der Waals surface area contributed by atoms with Gasteiger partial charge in [-0.2, -0.15) is 12.6 Å². The summed E-state index contributed by atoms with van der Waals surface area (Å²) in [7, 11) is 3.86. The molecule has 0 spiro atoms. The molecular formula is C12H16N2OS. The van der Waals surface area contributed by atoms with Crippen LogP contribution in [0.15, 0.2) is 18.2 Å². The van der Waals surface area contributed by atoms with Gasteiger partial charge in [-0.05, 0) is 23.8 Å². The molecule has 0 aromatic heterocycles. The Morgan fingerprint density at radius 1 is 1.50 bits per heavy atom. The van der Waals surface area contributed by atoms with Gasteiger partial charge in [-0.15, -0.1) is 0 Å². The van der Waals surface area contributed by atoms with E-state index in [-0.39, 0.29) is 5.91 Å². The summed E-state index contributed by atoms with van der Waals surface area (Å²) >= 11 is 4.22. The lowest BCUT2D eigenvalue weighted by Crippen LogP contribution is -2.20. The molecule has 0 atom stereocenters. The summed E-state index contributed by atoms with van der Waals surface area (Å²) in [4.78, 5) is 15.4. The fourth-order valence-electron chi connectivity index (χ4n) is 1.97. The Bertz CT molecular complexity index is 419. The SMILES string of the molecule is CN(CCS)c1ccc2c(c1)CC(=O)N2C. The number of rotatable bonds is 3. The lowest BCUT2D eigenvalue weighted by molar-refractivity contribution is -0.117. The van der Waals surface area contributed by atoms with Crippen LogP contribution in [0.3, 0.4) is 0 Å². The van der Waals surface area contributed by atoms with E-state index >= 15 is 0 Å². The van der Waals surface area contributed by atoms with E-state index in [1.54, 1.807) is 4.90 Å². The van der Waals surface area contributed by atoms with Crippen LogP contribution in [-0.2, 0) is 11.2 Å². The molecule has 3 nitrogen and oxygen atoms in total. The Balaban J connectivity index is 2.28. The minimum absolute atomic E-state index is 0.170. The minimum atomic E-state index is 0.170. The summed E-state index contributed by atoms with van der Waals surface area (Å²) in [5.74, 6) is 0.996. The highest BCUT2D eigenvalue weighted by molar-refractivity contribution is 7.80. The highest BCUT2D eigenvalue weighted by Crippen LogP contribution is 2.30. The van der Waals surface area contributed by atoms with Gasteiger partial charge in [-0.25, -0.2) is 0 Å². The first-order valence-corrected chi connectivity index (χ1v) is 5.98. The van der Waals surface area contributed by atoms with Crippen LogP contribution in [0.4, 0.5) is 11.4 Å². The van der Waals surface area contributed by atoms with E-state index in [0.29, 0.717) is 6.42 Å². The van der Waals surface area contributed by atoms with Crippen molar-refractivity contribution in [1.82, 2.24) is 0 Å². The van der Waals surface area contributed by atoms with Gasteiger partial charge in [0.2, 0.25) is 5.91 Å². The first-order chi connectivity index (χ1) is 7.63. The van der Waals surface area contributed by atoms with Gasteiger partial charge >= 0.3 is 0 Å². The summed E-state index contributed by atoms with van der Waals surface area (Å²) in [6, 6.07) is 6.17. The second kappa shape index (κ2) is 4.37. The number of likely N-dealkylation sites (N-methyl/N-ethyl adjacent to an activating group) is 1. The first kappa shape index (κ1) is 11.3. The van der Waals surface area contributed by atoms with E-state index in [1.165, 1.54) is 0 Å². The van der Waals surface area contributed by atoms with Gasteiger partial charge < -0.3 is 9.80 Å². The van der Waals surface area contributed by atoms with Crippen LogP contribution in [0.5, 0.6) is 0 Å². The number of thiol groups is 1. The Labute approximate surface area is 101 Å². The van der Waals surface area contributed by atoms with Crippen molar-refractivity contribution in [3.8, 4) is 0 Å². The zero-order valence-corrected chi connectivity index (χ0v) is 10.5. The van der Waals surface area contributed by atoms with Crippen LogP contribution in [0, 0.1) is 0 Å². The van der Waals surface area contributed by atoms with Gasteiger partial charge in [-0.3, -0.25) is 4.79 Å². The van der Waals surface area contributed by atoms with Gasteiger partial charge in [0, 0.05) is 37.8 Å². The molecule has 1 aliphatic rings. The predicted octanol–water partition coefficient (Wildman–Crippen LogP) is 1.57. The monoisotopic (exact) mass is 236 g/mol. The molecule has 1 aliphatic heterocycles. The molecule has 0 aliphatic carbocycles. The van der Waals surface area contributed by atoms with Crippen molar-refractivity contribution in [2.45, 2.75) is 6.42 Å². The van der Waals surface area contributed by atoms with Crippen molar-refractivity contribution in [1.29, 1.82) is 0 Å². The van der Waals surface area contributed by atoms with Gasteiger partial charge in [0.1, 0.15) is 0 Å². The summed E-state index contributed by atoms with van der Waals surface area (Å²) in [6.45, 7) is 0.908. The average molecular weight is 236 g/mol. The molecule has 4 heteroatoms. The van der Waals surface area contributed by atoms with E-state index in [4.69, 9.17) is 0 Å². The number of anilines is 2. The Morgan fingerprint density at radius 3 is 2.94 bits per heavy atom. The number of nitrogens with zero attached hydrogens (tertiary/aromatic N) is 2. The molecule has 1 aromatic rings. The van der Waals surface area contributed by atoms with Crippen molar-refractivity contribution in [2.24, 2.45) is 0 Å². The zero-order valence-electron chi connectivity index (χ0n) is 9.60. The van der Waals surface area contributed by atoms with E-state index in [9.17, 15) is 4.79 Å². The summed E-state index contributed by atoms with van der Waals surface area (Å²) in [6.07, 6.45) is 0.522. The fraction of sp³-hybridized carbons (Fsp3) is 0.417. The van der Waals surface area contributed by atoms with E-state index in [0.717, 1.165) is 29.2 Å². The smallest absolute Gasteiger partial charge is 0.231 e. The third-order valence-electron chi connectivity index (χ3n) is 3.02. The number of fused-ring (bicyclic) bond motifs is 1. The molecule has 0 N–H and O–H groups in total. The Hall–Kier alpha value is -1.16. The molecule has 1 amide bonds. The van der Waals surface area contributed by atoms with E-state index in [1.807, 2.05) is 20.2 Å². The fourth-order valence-corrected chi connectivity index (χ4v) is 2.27. The maximum atomic E-state index is 11.5. The lowest BCUT2D eigenvalue weighted by Gasteiger charge is -2.19. The average Bonchev–Trinajstić information content (AvgIpc) is 2.55. The van der Waals surface area contributed by atoms with Gasteiger partial charge in [0.25, 0.3) is 0 Å². The molecule has 86 valence electrons. The quantitative estimate of drug-likeness (QED) is 0.805. The number of carbonyl (C=O) groups is 1. The standard InChI is InChI=1S/C12H16N2OS/c1-13(5-6-16)10-3-4-11-9(7-10)8-12(15)14(11)2/h3-4,7,16H,5-6,8H2,1-2H3. The number of carbonyl (C=O) groups excluding carboxylic acids is 1. The molecule has 0 saturated heterocycles. The highest BCUT2D eigenvalue weighted by Gasteiger charge is 2.24. The normalized spacial score (nSPS) is 14.2. The van der Waals surface area contributed by atoms with Gasteiger partial charge in [0.15, 0.2) is 0 Å². The van der Waals surface area contributed by atoms with Crippen molar-refractivity contribution in [2.75, 3.05) is 36.2 Å². The van der Waals surface area contributed by atoms with E-state index < -0.39 is 0 Å². The molecule has 16 heavy (non-hydrogen) atoms. The van der Waals surface area contributed by atoms with Crippen LogP contribution >= 0.6 is 12.6 Å². The van der Waals surface area contributed by atoms with Crippen molar-refractivity contribution in [3.05, 3.63) is 23.8 Å². The minimum Gasteiger partial charge on any atom is -0.374 e. The third-order valence-corrected chi connectivity index (χ3v) is 3.22. The van der Waals surface area contributed by atoms with Gasteiger partial charge in [-0.1, -0.05) is 0 Å². The van der Waals surface area contributed by atoms with Crippen LogP contribution in [-0.4, -0.2) is 32.3 Å². The molecule has 1 aromatic carbocycles. The maximum Gasteiger partial charge on any atom is 0.231 e. The van der Waals surface area contributed by atoms with Crippen LogP contribution in [0.1, 0.15) is 5.56 Å². The second-order valence-electron chi connectivity index (χ2n) is 4.09. The maximum absolute atomic E-state index is 11.5. The lowest BCUT2D eigenvalue weighted by atomic mass is 10.1. The molecule has 2 rings (SSSR count). The van der Waals surface area contributed by atoms with Crippen molar-refractivity contribution < 1.29 is 4.79 Å². The topological polar surface area (TPSA) is 23.6 Å². The van der Waals surface area contributed by atoms with Crippen molar-refractivity contribution >= 4 is 29.9 Å². The molecule has 0 radical (unpaired) electrons. The number of benzene rings is 1. The number of hydrogen-bond acceptors (Lipinski definition) is 3. The summed E-state index contributed by atoms with van der Waals surface area (Å²) in [5.41, 5.74) is 3.31. The van der Waals surface area contributed by atoms with Gasteiger partial charge in [0.05, 0.1) is 6.42 Å². The molecule has 0 saturated carbocycles. The van der Waals surface area contributed by atoms with E-state index in [2.05, 4.69) is 29.7 Å². The number of amides is 1. The molecule has 0 bridgehead atoms. The predicted molar refractivity (Wildman–Crippen MR) is 70.7 cm³/mol. The second-order valence-corrected chi connectivity index (χ2v) is 4.53. The van der Waals surface area contributed by atoms with Crippen molar-refractivity contribution in [3.63, 3.8) is 0 Å². The first-order valence-electron chi connectivity index (χ1n) is 5.35. The Kier molecular flexibility index (Phi) is 3.10. The van der Waals surface area contributed by atoms with Crippen LogP contribution in [0.25, 0.3) is 0 Å². The third kappa shape index (κ3) is 1.89. The zero-order chi connectivity index (χ0) is 11.7. The Morgan fingerprint density at radius 2 is 2.25 bits per heavy atom. The molecule has 0 unspecified atom stereocenters. The van der Waals surface area contributed by atoms with Crippen LogP contribution < -0.4 is 9.80 Å². The molecule has 1 heterocycles. The largest absolute Gasteiger partial charge is 0.374 e. The highest BCUT2D eigenvalue weighted by atomic mass is 32.1. The van der Waals surface area contributed by atoms with Crippen LogP contribution in [0.2, 0.25) is 0 Å². The summed E-state index contributed by atoms with van der Waals surface area (Å²) in [5, 5.41) is 0. The molecular weight excluding hydrogens is 220 g/mol. The molecule has 0 fully saturated rings. The number of hydrogen-bond donors (Lipinski definition) is 1.